The van der Waals surface area contributed by atoms with Gasteiger partial charge in [0.2, 0.25) is 0 Å². The van der Waals surface area contributed by atoms with E-state index in [1.165, 1.54) is 51.4 Å². The van der Waals surface area contributed by atoms with Crippen LogP contribution in [0.1, 0.15) is 51.4 Å². The van der Waals surface area contributed by atoms with Gasteiger partial charge in [0.15, 0.2) is 5.96 Å². The van der Waals surface area contributed by atoms with E-state index in [9.17, 15) is 0 Å². The maximum absolute atomic E-state index is 7.12. The fourth-order valence-corrected chi connectivity index (χ4v) is 2.18. The molecule has 0 aliphatic heterocycles. The number of hydrogen-bond donors (Lipinski definition) is 3. The van der Waals surface area contributed by atoms with Crippen LogP contribution in [0.3, 0.4) is 0 Å². The molecule has 1 aliphatic rings. The molecule has 3 heteroatoms. The van der Waals surface area contributed by atoms with E-state index in [-0.39, 0.29) is 5.96 Å². The van der Waals surface area contributed by atoms with Crippen molar-refractivity contribution in [2.75, 3.05) is 6.54 Å². The van der Waals surface area contributed by atoms with Gasteiger partial charge >= 0.3 is 0 Å². The van der Waals surface area contributed by atoms with Gasteiger partial charge in [-0.15, -0.1) is 0 Å². The molecule has 1 aliphatic carbocycles. The summed E-state index contributed by atoms with van der Waals surface area (Å²) in [6.07, 6.45) is 10.9. The molecule has 0 unspecified atom stereocenters. The van der Waals surface area contributed by atoms with Gasteiger partial charge in [-0.3, -0.25) is 5.41 Å². The molecule has 1 rings (SSSR count). The number of nitrogens with one attached hydrogen (secondary N) is 2. The molecule has 0 heterocycles. The van der Waals surface area contributed by atoms with E-state index in [2.05, 4.69) is 5.32 Å². The first-order chi connectivity index (χ1) is 6.79. The fourth-order valence-electron chi connectivity index (χ4n) is 2.18. The first-order valence-electron chi connectivity index (χ1n) is 5.87. The number of hydrogen-bond acceptors (Lipinski definition) is 1. The van der Waals surface area contributed by atoms with E-state index in [0.717, 1.165) is 12.5 Å². The van der Waals surface area contributed by atoms with Crippen LogP contribution in [-0.4, -0.2) is 12.5 Å². The van der Waals surface area contributed by atoms with Crippen molar-refractivity contribution in [3.63, 3.8) is 0 Å². The van der Waals surface area contributed by atoms with Crippen LogP contribution in [-0.2, 0) is 0 Å². The third-order valence-electron chi connectivity index (χ3n) is 3.06. The van der Waals surface area contributed by atoms with Gasteiger partial charge in [-0.1, -0.05) is 38.5 Å². The highest BCUT2D eigenvalue weighted by atomic mass is 15.0. The molecule has 4 N–H and O–H groups in total. The van der Waals surface area contributed by atoms with E-state index in [1.54, 1.807) is 0 Å². The predicted octanol–water partition coefficient (Wildman–Crippen LogP) is 2.22. The van der Waals surface area contributed by atoms with E-state index in [1.807, 2.05) is 0 Å². The average Bonchev–Trinajstić information content (AvgIpc) is 2.27. The molecule has 0 atom stereocenters. The summed E-state index contributed by atoms with van der Waals surface area (Å²) in [6.45, 7) is 0.898. The van der Waals surface area contributed by atoms with Crippen molar-refractivity contribution in [1.82, 2.24) is 5.32 Å². The molecule has 0 spiro atoms. The molecule has 1 fully saturated rings. The summed E-state index contributed by atoms with van der Waals surface area (Å²) in [5, 5.41) is 10.1. The summed E-state index contributed by atoms with van der Waals surface area (Å²) in [7, 11) is 0. The predicted molar refractivity (Wildman–Crippen MR) is 60.3 cm³/mol. The summed E-state index contributed by atoms with van der Waals surface area (Å²) in [5.74, 6) is 0.849. The molecule has 14 heavy (non-hydrogen) atoms. The van der Waals surface area contributed by atoms with Crippen molar-refractivity contribution in [2.45, 2.75) is 51.4 Å². The normalized spacial score (nSPS) is 20.6. The Morgan fingerprint density at radius 1 is 1.07 bits per heavy atom. The van der Waals surface area contributed by atoms with E-state index in [4.69, 9.17) is 11.1 Å². The molecule has 0 aromatic rings. The second-order valence-electron chi connectivity index (χ2n) is 4.36. The van der Waals surface area contributed by atoms with Crippen molar-refractivity contribution in [3.8, 4) is 0 Å². The summed E-state index contributed by atoms with van der Waals surface area (Å²) in [4.78, 5) is 0. The molecule has 3 nitrogen and oxygen atoms in total. The molecule has 0 bridgehead atoms. The van der Waals surface area contributed by atoms with Crippen molar-refractivity contribution in [1.29, 1.82) is 5.41 Å². The molecule has 82 valence electrons. The Hall–Kier alpha value is -0.730. The average molecular weight is 197 g/mol. The lowest BCUT2D eigenvalue weighted by atomic mass is 9.97. The molecular formula is C11H23N3. The van der Waals surface area contributed by atoms with E-state index >= 15 is 0 Å². The Bertz CT molecular complexity index is 158. The lowest BCUT2D eigenvalue weighted by molar-refractivity contribution is 0.422. The monoisotopic (exact) mass is 197 g/mol. The van der Waals surface area contributed by atoms with Crippen molar-refractivity contribution in [3.05, 3.63) is 0 Å². The zero-order valence-electron chi connectivity index (χ0n) is 9.02. The Kier molecular flexibility index (Phi) is 5.42. The zero-order valence-corrected chi connectivity index (χ0v) is 9.02. The maximum Gasteiger partial charge on any atom is 0.185 e. The van der Waals surface area contributed by atoms with Crippen LogP contribution in [0.15, 0.2) is 0 Å². The van der Waals surface area contributed by atoms with Gasteiger partial charge in [-0.05, 0) is 18.8 Å². The molecule has 0 aromatic carbocycles. The minimum absolute atomic E-state index is 0.116. The van der Waals surface area contributed by atoms with E-state index in [0.29, 0.717) is 0 Å². The van der Waals surface area contributed by atoms with Gasteiger partial charge in [0, 0.05) is 6.54 Å². The molecular weight excluding hydrogens is 174 g/mol. The Labute approximate surface area is 87.0 Å². The molecule has 0 amide bonds. The van der Waals surface area contributed by atoms with E-state index < -0.39 is 0 Å². The molecule has 0 saturated heterocycles. The topological polar surface area (TPSA) is 61.9 Å². The van der Waals surface area contributed by atoms with Gasteiger partial charge < -0.3 is 11.1 Å². The van der Waals surface area contributed by atoms with Crippen LogP contribution in [0.25, 0.3) is 0 Å². The second kappa shape index (κ2) is 6.68. The van der Waals surface area contributed by atoms with Crippen LogP contribution in [0.4, 0.5) is 0 Å². The van der Waals surface area contributed by atoms with Crippen molar-refractivity contribution < 1.29 is 0 Å². The highest BCUT2D eigenvalue weighted by molar-refractivity contribution is 5.74. The van der Waals surface area contributed by atoms with Crippen LogP contribution in [0.2, 0.25) is 0 Å². The van der Waals surface area contributed by atoms with Gasteiger partial charge in [0.25, 0.3) is 0 Å². The van der Waals surface area contributed by atoms with Crippen molar-refractivity contribution >= 4 is 5.96 Å². The SMILES string of the molecule is N=C(N)NCC1CCCCCCCC1. The largest absolute Gasteiger partial charge is 0.370 e. The van der Waals surface area contributed by atoms with Crippen LogP contribution in [0.5, 0.6) is 0 Å². The number of rotatable bonds is 2. The van der Waals surface area contributed by atoms with Gasteiger partial charge in [-0.2, -0.15) is 0 Å². The smallest absolute Gasteiger partial charge is 0.185 e. The Morgan fingerprint density at radius 2 is 1.57 bits per heavy atom. The summed E-state index contributed by atoms with van der Waals surface area (Å²) in [6, 6.07) is 0. The van der Waals surface area contributed by atoms with Gasteiger partial charge in [0.1, 0.15) is 0 Å². The number of nitrogens with two attached hydrogens (primary N) is 1. The maximum atomic E-state index is 7.12. The van der Waals surface area contributed by atoms with Gasteiger partial charge in [0.05, 0.1) is 0 Å². The summed E-state index contributed by atoms with van der Waals surface area (Å²) < 4.78 is 0. The summed E-state index contributed by atoms with van der Waals surface area (Å²) in [5.41, 5.74) is 5.28. The minimum Gasteiger partial charge on any atom is -0.370 e. The van der Waals surface area contributed by atoms with Crippen molar-refractivity contribution in [2.24, 2.45) is 11.7 Å². The molecule has 0 aromatic heterocycles. The molecule has 1 saturated carbocycles. The lowest BCUT2D eigenvalue weighted by Gasteiger charge is -2.16. The number of guanidine groups is 1. The highest BCUT2D eigenvalue weighted by Gasteiger charge is 2.10. The first kappa shape index (κ1) is 11.3. The zero-order chi connectivity index (χ0) is 10.2. The Balaban J connectivity index is 2.21. The Morgan fingerprint density at radius 3 is 2.07 bits per heavy atom. The standard InChI is InChI=1S/C11H23N3/c12-11(13)14-9-10-7-5-3-1-2-4-6-8-10/h10H,1-9H2,(H4,12,13,14). The van der Waals surface area contributed by atoms with Crippen LogP contribution >= 0.6 is 0 Å². The highest BCUT2D eigenvalue weighted by Crippen LogP contribution is 2.20. The van der Waals surface area contributed by atoms with Gasteiger partial charge in [-0.25, -0.2) is 0 Å². The van der Waals surface area contributed by atoms with Crippen LogP contribution < -0.4 is 11.1 Å². The van der Waals surface area contributed by atoms with Crippen LogP contribution in [0, 0.1) is 11.3 Å². The fraction of sp³-hybridized carbons (Fsp3) is 0.909. The minimum atomic E-state index is 0.116. The second-order valence-corrected chi connectivity index (χ2v) is 4.36. The molecule has 0 radical (unpaired) electrons. The summed E-state index contributed by atoms with van der Waals surface area (Å²) >= 11 is 0. The first-order valence-corrected chi connectivity index (χ1v) is 5.87. The third kappa shape index (κ3) is 5.10. The lowest BCUT2D eigenvalue weighted by Crippen LogP contribution is -2.34. The quantitative estimate of drug-likeness (QED) is 0.469. The third-order valence-corrected chi connectivity index (χ3v) is 3.06.